The van der Waals surface area contributed by atoms with Crippen LogP contribution in [0.25, 0.3) is 0 Å². The predicted molar refractivity (Wildman–Crippen MR) is 111 cm³/mol. The Kier molecular flexibility index (Phi) is 6.86. The molecule has 2 aromatic rings. The van der Waals surface area contributed by atoms with Gasteiger partial charge in [0, 0.05) is 42.8 Å². The number of carbonyl (C=O) groups excluding carboxylic acids is 2. The molecule has 0 saturated carbocycles. The fourth-order valence-electron chi connectivity index (χ4n) is 3.59. The van der Waals surface area contributed by atoms with E-state index in [1.54, 1.807) is 19.4 Å². The Bertz CT molecular complexity index is 797. The number of hydrogen-bond acceptors (Lipinski definition) is 5. The summed E-state index contributed by atoms with van der Waals surface area (Å²) in [6.07, 6.45) is 3.88. The SMILES string of the molecule is CCC1CN(C(=O)Nc2cccc(OC)c2)CCC1CC(=O)Nc1nccs1. The molecule has 1 aliphatic rings. The lowest BCUT2D eigenvalue weighted by atomic mass is 9.81. The van der Waals surface area contributed by atoms with E-state index < -0.39 is 0 Å². The zero-order valence-corrected chi connectivity index (χ0v) is 17.0. The van der Waals surface area contributed by atoms with Gasteiger partial charge in [-0.15, -0.1) is 11.3 Å². The van der Waals surface area contributed by atoms with Crippen LogP contribution < -0.4 is 15.4 Å². The lowest BCUT2D eigenvalue weighted by Gasteiger charge is -2.38. The summed E-state index contributed by atoms with van der Waals surface area (Å²) in [5, 5.41) is 8.26. The van der Waals surface area contributed by atoms with Crippen molar-refractivity contribution in [2.75, 3.05) is 30.8 Å². The van der Waals surface area contributed by atoms with Gasteiger partial charge in [0.15, 0.2) is 5.13 Å². The first-order valence-corrected chi connectivity index (χ1v) is 10.4. The first-order valence-electron chi connectivity index (χ1n) is 9.48. The molecule has 2 atom stereocenters. The summed E-state index contributed by atoms with van der Waals surface area (Å²) < 4.78 is 5.20. The minimum atomic E-state index is -0.114. The Hall–Kier alpha value is -2.61. The van der Waals surface area contributed by atoms with E-state index in [9.17, 15) is 9.59 Å². The van der Waals surface area contributed by atoms with Gasteiger partial charge >= 0.3 is 6.03 Å². The van der Waals surface area contributed by atoms with E-state index >= 15 is 0 Å². The first-order chi connectivity index (χ1) is 13.6. The van der Waals surface area contributed by atoms with E-state index in [0.717, 1.165) is 12.8 Å². The third-order valence-electron chi connectivity index (χ3n) is 5.15. The molecule has 8 heteroatoms. The van der Waals surface area contributed by atoms with E-state index in [0.29, 0.717) is 42.0 Å². The molecule has 28 heavy (non-hydrogen) atoms. The number of benzene rings is 1. The number of rotatable bonds is 6. The van der Waals surface area contributed by atoms with Gasteiger partial charge in [-0.3, -0.25) is 4.79 Å². The number of methoxy groups -OCH3 is 1. The van der Waals surface area contributed by atoms with Crippen molar-refractivity contribution in [2.24, 2.45) is 11.8 Å². The fourth-order valence-corrected chi connectivity index (χ4v) is 4.14. The lowest BCUT2D eigenvalue weighted by molar-refractivity contribution is -0.117. The highest BCUT2D eigenvalue weighted by Gasteiger charge is 2.31. The minimum Gasteiger partial charge on any atom is -0.497 e. The molecule has 3 rings (SSSR count). The van der Waals surface area contributed by atoms with Gasteiger partial charge in [-0.25, -0.2) is 9.78 Å². The van der Waals surface area contributed by atoms with Crippen LogP contribution in [0.5, 0.6) is 5.75 Å². The summed E-state index contributed by atoms with van der Waals surface area (Å²) in [6.45, 7) is 3.41. The van der Waals surface area contributed by atoms with Crippen molar-refractivity contribution in [1.29, 1.82) is 0 Å². The van der Waals surface area contributed by atoms with Gasteiger partial charge in [-0.1, -0.05) is 19.4 Å². The van der Waals surface area contributed by atoms with Crippen LogP contribution in [0.15, 0.2) is 35.8 Å². The van der Waals surface area contributed by atoms with Crippen LogP contribution in [-0.4, -0.2) is 42.0 Å². The van der Waals surface area contributed by atoms with Crippen LogP contribution in [0.4, 0.5) is 15.6 Å². The van der Waals surface area contributed by atoms with E-state index in [4.69, 9.17) is 4.74 Å². The second-order valence-corrected chi connectivity index (χ2v) is 7.81. The maximum atomic E-state index is 12.7. The van der Waals surface area contributed by atoms with Gasteiger partial charge in [-0.2, -0.15) is 0 Å². The van der Waals surface area contributed by atoms with Crippen LogP contribution in [-0.2, 0) is 4.79 Å². The standard InChI is InChI=1S/C20H26N4O3S/c1-3-14-13-24(20(26)22-16-5-4-6-17(12-16)27-2)9-7-15(14)11-18(25)23-19-21-8-10-28-19/h4-6,8,10,12,14-15H,3,7,9,11,13H2,1-2H3,(H,22,26)(H,21,23,25). The Morgan fingerprint density at radius 3 is 2.89 bits per heavy atom. The lowest BCUT2D eigenvalue weighted by Crippen LogP contribution is -2.46. The molecule has 3 amide bonds. The van der Waals surface area contributed by atoms with Crippen molar-refractivity contribution in [3.8, 4) is 5.75 Å². The van der Waals surface area contributed by atoms with Gasteiger partial charge in [0.05, 0.1) is 7.11 Å². The van der Waals surface area contributed by atoms with Crippen molar-refractivity contribution in [3.05, 3.63) is 35.8 Å². The number of piperidine rings is 1. The highest BCUT2D eigenvalue weighted by molar-refractivity contribution is 7.13. The molecule has 0 bridgehead atoms. The zero-order valence-electron chi connectivity index (χ0n) is 16.2. The Balaban J connectivity index is 1.54. The molecule has 2 unspecified atom stereocenters. The fraction of sp³-hybridized carbons (Fsp3) is 0.450. The summed E-state index contributed by atoms with van der Waals surface area (Å²) >= 11 is 1.41. The van der Waals surface area contributed by atoms with Crippen LogP contribution in [0.2, 0.25) is 0 Å². The van der Waals surface area contributed by atoms with Gasteiger partial charge in [0.25, 0.3) is 0 Å². The molecular weight excluding hydrogens is 376 g/mol. The van der Waals surface area contributed by atoms with Crippen molar-refractivity contribution in [3.63, 3.8) is 0 Å². The minimum absolute atomic E-state index is 0.00678. The Morgan fingerprint density at radius 2 is 2.18 bits per heavy atom. The average Bonchev–Trinajstić information content (AvgIpc) is 3.21. The quantitative estimate of drug-likeness (QED) is 0.763. The van der Waals surface area contributed by atoms with E-state index in [1.807, 2.05) is 28.5 Å². The monoisotopic (exact) mass is 402 g/mol. The van der Waals surface area contributed by atoms with Gasteiger partial charge < -0.3 is 20.3 Å². The normalized spacial score (nSPS) is 19.1. The molecule has 1 aromatic heterocycles. The molecule has 0 aliphatic carbocycles. The molecule has 1 aliphatic heterocycles. The summed E-state index contributed by atoms with van der Waals surface area (Å²) in [4.78, 5) is 30.9. The second-order valence-electron chi connectivity index (χ2n) is 6.91. The van der Waals surface area contributed by atoms with E-state index in [2.05, 4.69) is 22.5 Å². The number of hydrogen-bond donors (Lipinski definition) is 2. The van der Waals surface area contributed by atoms with Crippen molar-refractivity contribution in [1.82, 2.24) is 9.88 Å². The zero-order chi connectivity index (χ0) is 19.9. The highest BCUT2D eigenvalue weighted by Crippen LogP contribution is 2.30. The predicted octanol–water partition coefficient (Wildman–Crippen LogP) is 4.06. The number of aromatic nitrogens is 1. The molecule has 1 saturated heterocycles. The number of anilines is 2. The number of nitrogens with zero attached hydrogens (tertiary/aromatic N) is 2. The van der Waals surface area contributed by atoms with E-state index in [1.165, 1.54) is 11.3 Å². The third kappa shape index (κ3) is 5.22. The van der Waals surface area contributed by atoms with Crippen LogP contribution in [0, 0.1) is 11.8 Å². The number of carbonyl (C=O) groups is 2. The molecule has 7 nitrogen and oxygen atoms in total. The maximum absolute atomic E-state index is 12.7. The molecule has 1 aromatic carbocycles. The largest absolute Gasteiger partial charge is 0.497 e. The second kappa shape index (κ2) is 9.54. The Labute approximate surface area is 169 Å². The number of likely N-dealkylation sites (tertiary alicyclic amines) is 1. The van der Waals surface area contributed by atoms with Crippen LogP contribution in [0.1, 0.15) is 26.2 Å². The molecule has 2 heterocycles. The number of nitrogens with one attached hydrogen (secondary N) is 2. The summed E-state index contributed by atoms with van der Waals surface area (Å²) in [7, 11) is 1.60. The topological polar surface area (TPSA) is 83.6 Å². The van der Waals surface area contributed by atoms with Crippen LogP contribution >= 0.6 is 11.3 Å². The molecule has 150 valence electrons. The number of amides is 3. The van der Waals surface area contributed by atoms with Crippen molar-refractivity contribution in [2.45, 2.75) is 26.2 Å². The van der Waals surface area contributed by atoms with Gasteiger partial charge in [0.1, 0.15) is 5.75 Å². The van der Waals surface area contributed by atoms with E-state index in [-0.39, 0.29) is 17.9 Å². The molecular formula is C20H26N4O3S. The molecule has 1 fully saturated rings. The molecule has 0 spiro atoms. The van der Waals surface area contributed by atoms with Gasteiger partial charge in [0.2, 0.25) is 5.91 Å². The number of ether oxygens (including phenoxy) is 1. The smallest absolute Gasteiger partial charge is 0.321 e. The summed E-state index contributed by atoms with van der Waals surface area (Å²) in [5.41, 5.74) is 0.711. The number of urea groups is 1. The highest BCUT2D eigenvalue weighted by atomic mass is 32.1. The third-order valence-corrected chi connectivity index (χ3v) is 5.84. The molecule has 0 radical (unpaired) electrons. The average molecular weight is 403 g/mol. The summed E-state index contributed by atoms with van der Waals surface area (Å²) in [6, 6.07) is 7.21. The summed E-state index contributed by atoms with van der Waals surface area (Å²) in [5.74, 6) is 1.26. The number of thiazole rings is 1. The Morgan fingerprint density at radius 1 is 1.32 bits per heavy atom. The molecule has 2 N–H and O–H groups in total. The van der Waals surface area contributed by atoms with Gasteiger partial charge in [-0.05, 0) is 30.4 Å². The first kappa shape index (κ1) is 20.1. The van der Waals surface area contributed by atoms with Crippen molar-refractivity contribution < 1.29 is 14.3 Å². The maximum Gasteiger partial charge on any atom is 0.321 e. The van der Waals surface area contributed by atoms with Crippen LogP contribution in [0.3, 0.4) is 0 Å². The van der Waals surface area contributed by atoms with Crippen molar-refractivity contribution >= 4 is 34.1 Å².